The number of aryl methyl sites for hydroxylation is 2. The lowest BCUT2D eigenvalue weighted by atomic mass is 10.1. The van der Waals surface area contributed by atoms with Crippen molar-refractivity contribution in [1.82, 2.24) is 19.9 Å². The molecular weight excluding hydrogens is 232 g/mol. The molecule has 0 saturated heterocycles. The summed E-state index contributed by atoms with van der Waals surface area (Å²) in [7, 11) is 0. The maximum Gasteiger partial charge on any atom is 0.327 e. The van der Waals surface area contributed by atoms with Crippen molar-refractivity contribution >= 4 is 22.2 Å². The number of nitrogens with one attached hydrogen (secondary N) is 2. The van der Waals surface area contributed by atoms with Crippen molar-refractivity contribution in [3.63, 3.8) is 0 Å². The zero-order valence-electron chi connectivity index (χ0n) is 9.87. The summed E-state index contributed by atoms with van der Waals surface area (Å²) in [5.74, 6) is 0. The predicted molar refractivity (Wildman–Crippen MR) is 67.8 cm³/mol. The van der Waals surface area contributed by atoms with E-state index >= 15 is 0 Å². The van der Waals surface area contributed by atoms with Gasteiger partial charge in [-0.1, -0.05) is 6.07 Å². The third-order valence-electron chi connectivity index (χ3n) is 3.03. The summed E-state index contributed by atoms with van der Waals surface area (Å²) in [6.45, 7) is 3.91. The van der Waals surface area contributed by atoms with Crippen LogP contribution in [0.4, 0.5) is 0 Å². The molecule has 0 unspecified atom stereocenters. The maximum absolute atomic E-state index is 11.6. The van der Waals surface area contributed by atoms with Gasteiger partial charge in [0.15, 0.2) is 11.2 Å². The summed E-state index contributed by atoms with van der Waals surface area (Å²) in [5.41, 5.74) is 2.67. The molecule has 0 saturated carbocycles. The fraction of sp³-hybridized carbons (Fsp3) is 0.167. The van der Waals surface area contributed by atoms with E-state index in [4.69, 9.17) is 0 Å². The molecule has 3 aromatic rings. The van der Waals surface area contributed by atoms with Crippen molar-refractivity contribution in [1.29, 1.82) is 0 Å². The van der Waals surface area contributed by atoms with Gasteiger partial charge in [0.25, 0.3) is 5.56 Å². The monoisotopic (exact) mass is 242 g/mol. The summed E-state index contributed by atoms with van der Waals surface area (Å²) < 4.78 is 0. The van der Waals surface area contributed by atoms with Crippen molar-refractivity contribution in [3.05, 3.63) is 44.1 Å². The van der Waals surface area contributed by atoms with Crippen LogP contribution < -0.4 is 11.2 Å². The Balaban J connectivity index is 2.60. The van der Waals surface area contributed by atoms with Crippen LogP contribution in [0.25, 0.3) is 22.2 Å². The summed E-state index contributed by atoms with van der Waals surface area (Å²) in [5, 5.41) is 0. The van der Waals surface area contributed by atoms with E-state index in [9.17, 15) is 9.59 Å². The average molecular weight is 242 g/mol. The van der Waals surface area contributed by atoms with Crippen LogP contribution in [0.3, 0.4) is 0 Å². The Hall–Kier alpha value is -2.50. The first-order valence-electron chi connectivity index (χ1n) is 5.46. The number of hydrogen-bond donors (Lipinski definition) is 2. The molecule has 2 heterocycles. The third-order valence-corrected chi connectivity index (χ3v) is 3.03. The highest BCUT2D eigenvalue weighted by atomic mass is 16.2. The topological polar surface area (TPSA) is 91.5 Å². The van der Waals surface area contributed by atoms with Crippen molar-refractivity contribution in [2.24, 2.45) is 0 Å². The van der Waals surface area contributed by atoms with Crippen LogP contribution in [0, 0.1) is 13.8 Å². The molecule has 0 aliphatic carbocycles. The Morgan fingerprint density at radius 1 is 1.00 bits per heavy atom. The number of benzene rings is 1. The van der Waals surface area contributed by atoms with Gasteiger partial charge < -0.3 is 0 Å². The van der Waals surface area contributed by atoms with Crippen LogP contribution in [0.15, 0.2) is 21.7 Å². The molecule has 0 amide bonds. The molecule has 2 N–H and O–H groups in total. The van der Waals surface area contributed by atoms with Gasteiger partial charge in [0, 0.05) is 0 Å². The van der Waals surface area contributed by atoms with E-state index in [0.29, 0.717) is 11.0 Å². The number of aromatic nitrogens is 4. The fourth-order valence-electron chi connectivity index (χ4n) is 1.90. The predicted octanol–water partition coefficient (Wildman–Crippen LogP) is 0.776. The molecule has 90 valence electrons. The SMILES string of the molecule is Cc1ccc2nc3c(=O)[nH]c(=O)[nH]c3nc2c1C. The first-order valence-corrected chi connectivity index (χ1v) is 5.46. The van der Waals surface area contributed by atoms with E-state index in [-0.39, 0.29) is 11.2 Å². The molecule has 0 aliphatic rings. The molecule has 3 rings (SSSR count). The fourth-order valence-corrected chi connectivity index (χ4v) is 1.90. The van der Waals surface area contributed by atoms with E-state index in [2.05, 4.69) is 19.9 Å². The lowest BCUT2D eigenvalue weighted by Gasteiger charge is -2.05. The Morgan fingerprint density at radius 2 is 1.78 bits per heavy atom. The van der Waals surface area contributed by atoms with E-state index in [1.165, 1.54) is 0 Å². The van der Waals surface area contributed by atoms with Crippen molar-refractivity contribution < 1.29 is 0 Å². The Labute approximate surface area is 101 Å². The largest absolute Gasteiger partial charge is 0.327 e. The number of fused-ring (bicyclic) bond motifs is 2. The van der Waals surface area contributed by atoms with Gasteiger partial charge >= 0.3 is 5.69 Å². The number of aromatic amines is 2. The highest BCUT2D eigenvalue weighted by Gasteiger charge is 2.08. The molecule has 1 aromatic carbocycles. The van der Waals surface area contributed by atoms with Crippen molar-refractivity contribution in [2.45, 2.75) is 13.8 Å². The van der Waals surface area contributed by atoms with Crippen LogP contribution in [0.1, 0.15) is 11.1 Å². The van der Waals surface area contributed by atoms with Gasteiger partial charge in [0.05, 0.1) is 11.0 Å². The molecule has 0 bridgehead atoms. The second-order valence-corrected chi connectivity index (χ2v) is 4.20. The van der Waals surface area contributed by atoms with Gasteiger partial charge in [-0.2, -0.15) is 0 Å². The van der Waals surface area contributed by atoms with Gasteiger partial charge in [0.1, 0.15) is 0 Å². The molecule has 0 spiro atoms. The number of rotatable bonds is 0. The van der Waals surface area contributed by atoms with Gasteiger partial charge in [-0.15, -0.1) is 0 Å². The lowest BCUT2D eigenvalue weighted by Crippen LogP contribution is -2.23. The zero-order valence-corrected chi connectivity index (χ0v) is 9.87. The van der Waals surface area contributed by atoms with E-state index in [1.807, 2.05) is 26.0 Å². The molecule has 0 fully saturated rings. The van der Waals surface area contributed by atoms with Crippen molar-refractivity contribution in [2.75, 3.05) is 0 Å². The minimum atomic E-state index is -0.577. The molecule has 0 aliphatic heterocycles. The first kappa shape index (κ1) is 10.6. The van der Waals surface area contributed by atoms with Crippen LogP contribution in [0.5, 0.6) is 0 Å². The minimum absolute atomic E-state index is 0.144. The Kier molecular flexibility index (Phi) is 2.07. The first-order chi connectivity index (χ1) is 8.56. The van der Waals surface area contributed by atoms with Crippen LogP contribution >= 0.6 is 0 Å². The number of H-pyrrole nitrogens is 2. The molecule has 6 nitrogen and oxygen atoms in total. The molecule has 2 aromatic heterocycles. The van der Waals surface area contributed by atoms with Crippen LogP contribution in [-0.2, 0) is 0 Å². The van der Waals surface area contributed by atoms with E-state index in [0.717, 1.165) is 11.1 Å². The lowest BCUT2D eigenvalue weighted by molar-refractivity contribution is 1.05. The summed E-state index contributed by atoms with van der Waals surface area (Å²) in [6, 6.07) is 3.74. The molecular formula is C12H10N4O2. The number of hydrogen-bond acceptors (Lipinski definition) is 4. The van der Waals surface area contributed by atoms with Gasteiger partial charge in [-0.05, 0) is 31.0 Å². The van der Waals surface area contributed by atoms with Gasteiger partial charge in [0.2, 0.25) is 0 Å². The Morgan fingerprint density at radius 3 is 2.56 bits per heavy atom. The van der Waals surface area contributed by atoms with E-state index < -0.39 is 11.2 Å². The Bertz CT molecular complexity index is 892. The minimum Gasteiger partial charge on any atom is -0.290 e. The maximum atomic E-state index is 11.6. The zero-order chi connectivity index (χ0) is 12.9. The van der Waals surface area contributed by atoms with E-state index in [1.54, 1.807) is 0 Å². The molecule has 0 atom stereocenters. The van der Waals surface area contributed by atoms with Gasteiger partial charge in [-0.3, -0.25) is 14.8 Å². The second-order valence-electron chi connectivity index (χ2n) is 4.20. The summed E-state index contributed by atoms with van der Waals surface area (Å²) in [4.78, 5) is 36.0. The van der Waals surface area contributed by atoms with Crippen LogP contribution in [0.2, 0.25) is 0 Å². The van der Waals surface area contributed by atoms with Gasteiger partial charge in [-0.25, -0.2) is 14.8 Å². The van der Waals surface area contributed by atoms with Crippen molar-refractivity contribution in [3.8, 4) is 0 Å². The quantitative estimate of drug-likeness (QED) is 0.570. The smallest absolute Gasteiger partial charge is 0.290 e. The molecule has 18 heavy (non-hydrogen) atoms. The molecule has 0 radical (unpaired) electrons. The summed E-state index contributed by atoms with van der Waals surface area (Å²) in [6.07, 6.45) is 0. The second kappa shape index (κ2) is 3.49. The normalized spacial score (nSPS) is 11.2. The standard InChI is InChI=1S/C12H10N4O2/c1-5-3-4-7-8(6(5)2)14-10-9(13-7)11(17)16-12(18)15-10/h3-4H,1-2H3,(H2,14,15,16,17,18). The number of nitrogens with zero attached hydrogens (tertiary/aromatic N) is 2. The summed E-state index contributed by atoms with van der Waals surface area (Å²) >= 11 is 0. The average Bonchev–Trinajstić information content (AvgIpc) is 2.33. The van der Waals surface area contributed by atoms with Crippen LogP contribution in [-0.4, -0.2) is 19.9 Å². The molecule has 6 heteroatoms. The third kappa shape index (κ3) is 1.42. The highest BCUT2D eigenvalue weighted by molar-refractivity contribution is 5.86. The highest BCUT2D eigenvalue weighted by Crippen LogP contribution is 2.18.